The maximum absolute atomic E-state index is 13.7. The Morgan fingerprint density at radius 3 is 2.50 bits per heavy atom. The first-order chi connectivity index (χ1) is 17.5. The summed E-state index contributed by atoms with van der Waals surface area (Å²) in [6, 6.07) is 20.0. The van der Waals surface area contributed by atoms with E-state index in [0.29, 0.717) is 41.2 Å². The number of ether oxygens (including phenoxy) is 2. The van der Waals surface area contributed by atoms with Gasteiger partial charge in [0.15, 0.2) is 16.9 Å². The third kappa shape index (κ3) is 4.24. The van der Waals surface area contributed by atoms with Crippen LogP contribution >= 0.6 is 0 Å². The fourth-order valence-corrected chi connectivity index (χ4v) is 4.67. The van der Waals surface area contributed by atoms with Gasteiger partial charge in [-0.25, -0.2) is 0 Å². The number of carbonyl (C=O) groups is 1. The van der Waals surface area contributed by atoms with Crippen molar-refractivity contribution in [2.24, 2.45) is 0 Å². The summed E-state index contributed by atoms with van der Waals surface area (Å²) in [7, 11) is 1.59. The lowest BCUT2D eigenvalue weighted by Crippen LogP contribution is -2.29. The van der Waals surface area contributed by atoms with E-state index in [1.54, 1.807) is 36.3 Å². The van der Waals surface area contributed by atoms with Crippen LogP contribution in [0, 0.1) is 6.92 Å². The van der Waals surface area contributed by atoms with Crippen molar-refractivity contribution in [2.75, 3.05) is 13.7 Å². The van der Waals surface area contributed by atoms with E-state index < -0.39 is 6.04 Å². The summed E-state index contributed by atoms with van der Waals surface area (Å²) in [4.78, 5) is 29.1. The Hall–Kier alpha value is -4.06. The second-order valence-electron chi connectivity index (χ2n) is 9.10. The molecule has 1 amide bonds. The number of methoxy groups -OCH3 is 1. The number of benzene rings is 3. The van der Waals surface area contributed by atoms with Gasteiger partial charge in [0.25, 0.3) is 5.91 Å². The minimum atomic E-state index is -0.617. The number of amides is 1. The van der Waals surface area contributed by atoms with Gasteiger partial charge in [-0.1, -0.05) is 61.4 Å². The molecule has 1 atom stereocenters. The zero-order chi connectivity index (χ0) is 25.2. The summed E-state index contributed by atoms with van der Waals surface area (Å²) < 4.78 is 17.6. The Morgan fingerprint density at radius 2 is 1.75 bits per heavy atom. The van der Waals surface area contributed by atoms with Gasteiger partial charge in [0.05, 0.1) is 30.7 Å². The molecule has 0 spiro atoms. The van der Waals surface area contributed by atoms with Crippen molar-refractivity contribution in [1.29, 1.82) is 0 Å². The number of hydrogen-bond donors (Lipinski definition) is 0. The van der Waals surface area contributed by atoms with Gasteiger partial charge in [0.2, 0.25) is 5.76 Å². The van der Waals surface area contributed by atoms with Crippen LogP contribution in [0.1, 0.15) is 58.6 Å². The van der Waals surface area contributed by atoms with E-state index >= 15 is 0 Å². The van der Waals surface area contributed by atoms with Crippen molar-refractivity contribution in [1.82, 2.24) is 4.90 Å². The van der Waals surface area contributed by atoms with Crippen molar-refractivity contribution in [3.63, 3.8) is 0 Å². The lowest BCUT2D eigenvalue weighted by Gasteiger charge is -2.26. The van der Waals surface area contributed by atoms with E-state index in [1.807, 2.05) is 49.4 Å². The Morgan fingerprint density at radius 1 is 0.972 bits per heavy atom. The fraction of sp³-hybridized carbons (Fsp3) is 0.267. The molecule has 1 aliphatic rings. The highest BCUT2D eigenvalue weighted by Crippen LogP contribution is 2.41. The van der Waals surface area contributed by atoms with Crippen molar-refractivity contribution in [3.05, 3.63) is 105 Å². The van der Waals surface area contributed by atoms with Gasteiger partial charge in [-0.05, 0) is 48.7 Å². The molecule has 1 unspecified atom stereocenters. The van der Waals surface area contributed by atoms with Gasteiger partial charge in [0, 0.05) is 6.54 Å². The second-order valence-corrected chi connectivity index (χ2v) is 9.10. The molecule has 0 saturated heterocycles. The number of nitrogens with zero attached hydrogens (tertiary/aromatic N) is 1. The average Bonchev–Trinajstić information content (AvgIpc) is 3.17. The Balaban J connectivity index is 1.64. The number of unbranched alkanes of at least 4 members (excludes halogenated alkanes) is 1. The molecule has 0 N–H and O–H groups in total. The maximum Gasteiger partial charge on any atom is 0.291 e. The Labute approximate surface area is 210 Å². The minimum Gasteiger partial charge on any atom is -0.493 e. The predicted molar refractivity (Wildman–Crippen MR) is 139 cm³/mol. The molecule has 6 heteroatoms. The zero-order valence-electron chi connectivity index (χ0n) is 20.7. The second kappa shape index (κ2) is 9.90. The zero-order valence-corrected chi connectivity index (χ0v) is 20.7. The smallest absolute Gasteiger partial charge is 0.291 e. The Bertz CT molecular complexity index is 1470. The molecule has 184 valence electrons. The highest BCUT2D eigenvalue weighted by molar-refractivity contribution is 5.99. The molecule has 3 aromatic carbocycles. The number of rotatable bonds is 8. The van der Waals surface area contributed by atoms with Gasteiger partial charge in [-0.2, -0.15) is 0 Å². The van der Waals surface area contributed by atoms with E-state index in [2.05, 4.69) is 6.92 Å². The van der Waals surface area contributed by atoms with Gasteiger partial charge < -0.3 is 18.8 Å². The summed E-state index contributed by atoms with van der Waals surface area (Å²) in [5.41, 5.74) is 3.43. The standard InChI is InChI=1S/C30H29NO5/c1-4-5-16-35-24-15-14-21(17-25(24)34-3)27-26-28(32)22-8-6-7-9-23(22)36-29(26)30(33)31(27)18-20-12-10-19(2)11-13-20/h6-15,17,27H,4-5,16,18H2,1-3H3. The first kappa shape index (κ1) is 23.7. The maximum atomic E-state index is 13.7. The topological polar surface area (TPSA) is 69.0 Å². The number of fused-ring (bicyclic) bond motifs is 2. The first-order valence-electron chi connectivity index (χ1n) is 12.2. The molecule has 6 nitrogen and oxygen atoms in total. The van der Waals surface area contributed by atoms with Gasteiger partial charge in [-0.3, -0.25) is 9.59 Å². The molecular formula is C30H29NO5. The van der Waals surface area contributed by atoms with Crippen LogP contribution in [0.2, 0.25) is 0 Å². The number of para-hydroxylation sites is 1. The van der Waals surface area contributed by atoms with Crippen LogP contribution < -0.4 is 14.9 Å². The highest BCUT2D eigenvalue weighted by Gasteiger charge is 2.43. The van der Waals surface area contributed by atoms with Crippen molar-refractivity contribution < 1.29 is 18.7 Å². The van der Waals surface area contributed by atoms with Gasteiger partial charge in [0.1, 0.15) is 5.58 Å². The summed E-state index contributed by atoms with van der Waals surface area (Å²) in [5.74, 6) is 0.985. The van der Waals surface area contributed by atoms with Crippen LogP contribution in [0.4, 0.5) is 0 Å². The molecule has 36 heavy (non-hydrogen) atoms. The molecule has 4 aromatic rings. The van der Waals surface area contributed by atoms with Crippen LogP contribution in [-0.2, 0) is 6.54 Å². The molecule has 2 heterocycles. The molecule has 1 aromatic heterocycles. The van der Waals surface area contributed by atoms with Crippen LogP contribution in [0.5, 0.6) is 11.5 Å². The fourth-order valence-electron chi connectivity index (χ4n) is 4.67. The van der Waals surface area contributed by atoms with Crippen LogP contribution in [0.15, 0.2) is 75.9 Å². The van der Waals surface area contributed by atoms with Crippen LogP contribution in [0.3, 0.4) is 0 Å². The third-order valence-corrected chi connectivity index (χ3v) is 6.61. The van der Waals surface area contributed by atoms with Crippen molar-refractivity contribution in [2.45, 2.75) is 39.3 Å². The lowest BCUT2D eigenvalue weighted by atomic mass is 9.97. The summed E-state index contributed by atoms with van der Waals surface area (Å²) in [5, 5.41) is 0.456. The normalized spacial score (nSPS) is 14.8. The predicted octanol–water partition coefficient (Wildman–Crippen LogP) is 6.03. The number of carbonyl (C=O) groups excluding carboxylic acids is 1. The summed E-state index contributed by atoms with van der Waals surface area (Å²) in [6.45, 7) is 5.05. The molecule has 5 rings (SSSR count). The van der Waals surface area contributed by atoms with E-state index in [-0.39, 0.29) is 17.1 Å². The molecule has 1 aliphatic heterocycles. The van der Waals surface area contributed by atoms with Crippen molar-refractivity contribution >= 4 is 16.9 Å². The largest absolute Gasteiger partial charge is 0.493 e. The molecule has 0 saturated carbocycles. The van der Waals surface area contributed by atoms with E-state index in [0.717, 1.165) is 29.5 Å². The Kier molecular flexibility index (Phi) is 6.51. The summed E-state index contributed by atoms with van der Waals surface area (Å²) >= 11 is 0. The highest BCUT2D eigenvalue weighted by atomic mass is 16.5. The van der Waals surface area contributed by atoms with Gasteiger partial charge >= 0.3 is 0 Å². The minimum absolute atomic E-state index is 0.0954. The molecule has 0 fully saturated rings. The molecule has 0 aliphatic carbocycles. The van der Waals surface area contributed by atoms with Crippen LogP contribution in [-0.4, -0.2) is 24.5 Å². The van der Waals surface area contributed by atoms with E-state index in [9.17, 15) is 9.59 Å². The monoisotopic (exact) mass is 483 g/mol. The quantitative estimate of drug-likeness (QED) is 0.286. The van der Waals surface area contributed by atoms with Crippen molar-refractivity contribution in [3.8, 4) is 11.5 Å². The molecular weight excluding hydrogens is 454 g/mol. The number of hydrogen-bond acceptors (Lipinski definition) is 5. The molecule has 0 radical (unpaired) electrons. The van der Waals surface area contributed by atoms with Gasteiger partial charge in [-0.15, -0.1) is 0 Å². The number of aryl methyl sites for hydroxylation is 1. The lowest BCUT2D eigenvalue weighted by molar-refractivity contribution is 0.0714. The first-order valence-corrected chi connectivity index (χ1v) is 12.2. The van der Waals surface area contributed by atoms with Crippen LogP contribution in [0.25, 0.3) is 11.0 Å². The van der Waals surface area contributed by atoms with E-state index in [1.165, 1.54) is 0 Å². The third-order valence-electron chi connectivity index (χ3n) is 6.61. The average molecular weight is 484 g/mol. The van der Waals surface area contributed by atoms with E-state index in [4.69, 9.17) is 13.9 Å². The summed E-state index contributed by atoms with van der Waals surface area (Å²) in [6.07, 6.45) is 1.97. The molecule has 0 bridgehead atoms. The SMILES string of the molecule is CCCCOc1ccc(C2c3c(oc4ccccc4c3=O)C(=O)N2Cc2ccc(C)cc2)cc1OC.